The van der Waals surface area contributed by atoms with Crippen LogP contribution in [0.1, 0.15) is 6.42 Å². The molecule has 1 aliphatic heterocycles. The number of aliphatic carboxylic acids is 1. The molecular formula is C12H15NO4. The van der Waals surface area contributed by atoms with Crippen molar-refractivity contribution in [1.29, 1.82) is 0 Å². The first-order valence-electron chi connectivity index (χ1n) is 5.53. The number of phenolic OH excluding ortho intramolecular Hbond substituents is 1. The van der Waals surface area contributed by atoms with Gasteiger partial charge in [-0.3, -0.25) is 4.79 Å². The summed E-state index contributed by atoms with van der Waals surface area (Å²) < 4.78 is 5.51. The van der Waals surface area contributed by atoms with E-state index >= 15 is 0 Å². The molecule has 2 rings (SSSR count). The van der Waals surface area contributed by atoms with E-state index in [2.05, 4.69) is 5.32 Å². The van der Waals surface area contributed by atoms with Crippen LogP contribution in [0.2, 0.25) is 0 Å². The van der Waals surface area contributed by atoms with Gasteiger partial charge in [0.1, 0.15) is 17.5 Å². The van der Waals surface area contributed by atoms with Gasteiger partial charge in [-0.25, -0.2) is 0 Å². The lowest BCUT2D eigenvalue weighted by Crippen LogP contribution is -2.29. The van der Waals surface area contributed by atoms with E-state index in [9.17, 15) is 9.90 Å². The van der Waals surface area contributed by atoms with Gasteiger partial charge in [-0.05, 0) is 18.6 Å². The Morgan fingerprint density at radius 2 is 2.35 bits per heavy atom. The molecule has 1 heterocycles. The van der Waals surface area contributed by atoms with E-state index in [4.69, 9.17) is 9.84 Å². The van der Waals surface area contributed by atoms with E-state index in [1.165, 1.54) is 6.07 Å². The summed E-state index contributed by atoms with van der Waals surface area (Å²) >= 11 is 0. The summed E-state index contributed by atoms with van der Waals surface area (Å²) in [5, 5.41) is 21.0. The van der Waals surface area contributed by atoms with Gasteiger partial charge in [-0.2, -0.15) is 0 Å². The average Bonchev–Trinajstić information content (AvgIpc) is 2.75. The summed E-state index contributed by atoms with van der Waals surface area (Å²) in [6.45, 7) is 1.11. The monoisotopic (exact) mass is 237 g/mol. The van der Waals surface area contributed by atoms with Crippen molar-refractivity contribution < 1.29 is 19.7 Å². The highest BCUT2D eigenvalue weighted by molar-refractivity contribution is 5.73. The van der Waals surface area contributed by atoms with Crippen molar-refractivity contribution in [3.8, 4) is 11.5 Å². The van der Waals surface area contributed by atoms with E-state index in [0.717, 1.165) is 0 Å². The van der Waals surface area contributed by atoms with E-state index < -0.39 is 12.0 Å². The topological polar surface area (TPSA) is 78.8 Å². The van der Waals surface area contributed by atoms with Crippen molar-refractivity contribution in [2.75, 3.05) is 13.2 Å². The molecule has 92 valence electrons. The number of hydrogen-bond donors (Lipinski definition) is 3. The molecule has 1 saturated heterocycles. The first-order valence-corrected chi connectivity index (χ1v) is 5.53. The maximum atomic E-state index is 10.7. The third-order valence-corrected chi connectivity index (χ3v) is 2.82. The maximum absolute atomic E-state index is 10.7. The molecular weight excluding hydrogens is 222 g/mol. The fourth-order valence-electron chi connectivity index (χ4n) is 1.91. The summed E-state index contributed by atoms with van der Waals surface area (Å²) in [7, 11) is 0. The molecule has 1 aliphatic rings. The molecule has 1 aromatic rings. The van der Waals surface area contributed by atoms with Crippen LogP contribution in [0.3, 0.4) is 0 Å². The molecule has 0 spiro atoms. The molecule has 0 amide bonds. The SMILES string of the molecule is O=C(O)C1CC(COc2cccc(O)c2)CN1. The Bertz CT molecular complexity index is 407. The largest absolute Gasteiger partial charge is 0.508 e. The summed E-state index contributed by atoms with van der Waals surface area (Å²) in [6.07, 6.45) is 0.578. The second kappa shape index (κ2) is 5.05. The van der Waals surface area contributed by atoms with Crippen LogP contribution in [0.4, 0.5) is 0 Å². The van der Waals surface area contributed by atoms with E-state index in [1.54, 1.807) is 18.2 Å². The number of carbonyl (C=O) groups is 1. The fraction of sp³-hybridized carbons (Fsp3) is 0.417. The highest BCUT2D eigenvalue weighted by Gasteiger charge is 2.29. The summed E-state index contributed by atoms with van der Waals surface area (Å²) in [6, 6.07) is 6.11. The number of aromatic hydroxyl groups is 1. The van der Waals surface area contributed by atoms with Crippen LogP contribution >= 0.6 is 0 Å². The molecule has 0 saturated carbocycles. The van der Waals surface area contributed by atoms with Gasteiger partial charge in [0, 0.05) is 18.5 Å². The van der Waals surface area contributed by atoms with Crippen molar-refractivity contribution in [2.24, 2.45) is 5.92 Å². The van der Waals surface area contributed by atoms with Gasteiger partial charge >= 0.3 is 5.97 Å². The second-order valence-corrected chi connectivity index (χ2v) is 4.21. The van der Waals surface area contributed by atoms with Gasteiger partial charge in [-0.1, -0.05) is 6.07 Å². The number of ether oxygens (including phenoxy) is 1. The molecule has 17 heavy (non-hydrogen) atoms. The predicted octanol–water partition coefficient (Wildman–Crippen LogP) is 0.834. The lowest BCUT2D eigenvalue weighted by Gasteiger charge is -2.11. The fourth-order valence-corrected chi connectivity index (χ4v) is 1.91. The molecule has 0 bridgehead atoms. The molecule has 1 fully saturated rings. The minimum Gasteiger partial charge on any atom is -0.508 e. The number of phenols is 1. The van der Waals surface area contributed by atoms with E-state index in [-0.39, 0.29) is 11.7 Å². The molecule has 2 atom stereocenters. The van der Waals surface area contributed by atoms with E-state index in [0.29, 0.717) is 25.3 Å². The van der Waals surface area contributed by atoms with Gasteiger partial charge in [0.15, 0.2) is 0 Å². The van der Waals surface area contributed by atoms with Crippen molar-refractivity contribution in [3.63, 3.8) is 0 Å². The zero-order valence-corrected chi connectivity index (χ0v) is 9.30. The third kappa shape index (κ3) is 3.10. The van der Waals surface area contributed by atoms with Crippen LogP contribution in [0.5, 0.6) is 11.5 Å². The highest BCUT2D eigenvalue weighted by atomic mass is 16.5. The van der Waals surface area contributed by atoms with Crippen LogP contribution in [0.25, 0.3) is 0 Å². The highest BCUT2D eigenvalue weighted by Crippen LogP contribution is 2.20. The van der Waals surface area contributed by atoms with Crippen LogP contribution < -0.4 is 10.1 Å². The Balaban J connectivity index is 1.82. The quantitative estimate of drug-likeness (QED) is 0.723. The first kappa shape index (κ1) is 11.7. The Labute approximate surface area is 99.0 Å². The summed E-state index contributed by atoms with van der Waals surface area (Å²) in [5.74, 6) is 0.141. The summed E-state index contributed by atoms with van der Waals surface area (Å²) in [5.41, 5.74) is 0. The Hall–Kier alpha value is -1.75. The van der Waals surface area contributed by atoms with Crippen molar-refractivity contribution in [3.05, 3.63) is 24.3 Å². The van der Waals surface area contributed by atoms with Gasteiger partial charge in [0.25, 0.3) is 0 Å². The normalized spacial score (nSPS) is 23.5. The number of hydrogen-bond acceptors (Lipinski definition) is 4. The number of rotatable bonds is 4. The van der Waals surface area contributed by atoms with Gasteiger partial charge in [-0.15, -0.1) is 0 Å². The molecule has 2 unspecified atom stereocenters. The van der Waals surface area contributed by atoms with E-state index in [1.807, 2.05) is 0 Å². The number of carboxylic acids is 1. The third-order valence-electron chi connectivity index (χ3n) is 2.82. The lowest BCUT2D eigenvalue weighted by atomic mass is 10.1. The molecule has 3 N–H and O–H groups in total. The van der Waals surface area contributed by atoms with Gasteiger partial charge in [0.2, 0.25) is 0 Å². The van der Waals surface area contributed by atoms with Crippen LogP contribution in [-0.4, -0.2) is 35.4 Å². The van der Waals surface area contributed by atoms with Gasteiger partial charge < -0.3 is 20.3 Å². The van der Waals surface area contributed by atoms with Crippen molar-refractivity contribution in [2.45, 2.75) is 12.5 Å². The minimum absolute atomic E-state index is 0.162. The average molecular weight is 237 g/mol. The Morgan fingerprint density at radius 1 is 1.53 bits per heavy atom. The molecule has 0 aliphatic carbocycles. The van der Waals surface area contributed by atoms with Crippen LogP contribution in [0.15, 0.2) is 24.3 Å². The minimum atomic E-state index is -0.815. The maximum Gasteiger partial charge on any atom is 0.320 e. The first-order chi connectivity index (χ1) is 8.15. The molecule has 0 aromatic heterocycles. The van der Waals surface area contributed by atoms with Crippen LogP contribution in [0, 0.1) is 5.92 Å². The zero-order valence-electron chi connectivity index (χ0n) is 9.30. The smallest absolute Gasteiger partial charge is 0.320 e. The standard InChI is InChI=1S/C12H15NO4/c14-9-2-1-3-10(5-9)17-7-8-4-11(12(15)16)13-6-8/h1-3,5,8,11,13-14H,4,6-7H2,(H,15,16). The van der Waals surface area contributed by atoms with Crippen molar-refractivity contribution >= 4 is 5.97 Å². The molecule has 5 heteroatoms. The second-order valence-electron chi connectivity index (χ2n) is 4.21. The molecule has 0 radical (unpaired) electrons. The lowest BCUT2D eigenvalue weighted by molar-refractivity contribution is -0.139. The molecule has 5 nitrogen and oxygen atoms in total. The van der Waals surface area contributed by atoms with Crippen molar-refractivity contribution in [1.82, 2.24) is 5.32 Å². The zero-order chi connectivity index (χ0) is 12.3. The Kier molecular flexibility index (Phi) is 3.49. The van der Waals surface area contributed by atoms with Crippen LogP contribution in [-0.2, 0) is 4.79 Å². The predicted molar refractivity (Wildman–Crippen MR) is 61.1 cm³/mol. The number of nitrogens with one attached hydrogen (secondary N) is 1. The molecule has 1 aromatic carbocycles. The summed E-state index contributed by atoms with van der Waals surface area (Å²) in [4.78, 5) is 10.7. The Morgan fingerprint density at radius 3 is 3.00 bits per heavy atom. The number of carboxylic acid groups (broad SMARTS) is 1. The van der Waals surface area contributed by atoms with Gasteiger partial charge in [0.05, 0.1) is 6.61 Å². The number of benzene rings is 1.